The van der Waals surface area contributed by atoms with Crippen molar-refractivity contribution in [3.8, 4) is 45.3 Å². The Morgan fingerprint density at radius 2 is 1.05 bits per heavy atom. The Labute approximate surface area is 230 Å². The number of benzene rings is 6. The molecule has 9 rings (SSSR count). The topological polar surface area (TPSA) is 34.8 Å². The molecular weight excluding hydrogens is 494 g/mol. The molecule has 0 fully saturated rings. The number of hydrogen-bond acceptors (Lipinski definition) is 4. The average Bonchev–Trinajstić information content (AvgIpc) is 3.40. The zero-order valence-corrected chi connectivity index (χ0v) is 21.3. The molecule has 40 heavy (non-hydrogen) atoms. The molecule has 0 saturated carbocycles. The monoisotopic (exact) mass is 515 g/mol. The summed E-state index contributed by atoms with van der Waals surface area (Å²) in [5, 5.41) is 2.00. The van der Waals surface area contributed by atoms with Crippen LogP contribution >= 0.6 is 0 Å². The van der Waals surface area contributed by atoms with Crippen molar-refractivity contribution in [3.05, 3.63) is 127 Å². The molecule has 0 bridgehead atoms. The van der Waals surface area contributed by atoms with Gasteiger partial charge in [0.05, 0.1) is 11.4 Å². The zero-order chi connectivity index (χ0) is 26.2. The van der Waals surface area contributed by atoms with E-state index in [1.807, 2.05) is 30.3 Å². The maximum absolute atomic E-state index is 6.72. The van der Waals surface area contributed by atoms with Crippen LogP contribution in [0.4, 0.5) is 17.1 Å². The lowest BCUT2D eigenvalue weighted by atomic mass is 10.00. The van der Waals surface area contributed by atoms with Crippen molar-refractivity contribution in [2.75, 3.05) is 4.90 Å². The fourth-order valence-electron chi connectivity index (χ4n) is 5.96. The van der Waals surface area contributed by atoms with Crippen LogP contribution in [0.25, 0.3) is 44.2 Å². The van der Waals surface area contributed by atoms with E-state index in [-0.39, 0.29) is 0 Å². The summed E-state index contributed by atoms with van der Waals surface area (Å²) in [6.45, 7) is 0. The van der Waals surface area contributed by atoms with Crippen LogP contribution in [-0.2, 0) is 0 Å². The van der Waals surface area contributed by atoms with Gasteiger partial charge in [0, 0.05) is 10.8 Å². The molecule has 4 heteroatoms. The second kappa shape index (κ2) is 8.01. The first-order valence-electron chi connectivity index (χ1n) is 13.3. The van der Waals surface area contributed by atoms with E-state index in [4.69, 9.17) is 13.9 Å². The van der Waals surface area contributed by atoms with Crippen LogP contribution in [0.2, 0.25) is 0 Å². The van der Waals surface area contributed by atoms with Gasteiger partial charge in [-0.15, -0.1) is 0 Å². The second-order valence-corrected chi connectivity index (χ2v) is 10.2. The van der Waals surface area contributed by atoms with Gasteiger partial charge in [-0.1, -0.05) is 91.0 Å². The highest BCUT2D eigenvalue weighted by Crippen LogP contribution is 2.62. The predicted molar refractivity (Wildman–Crippen MR) is 159 cm³/mol. The molecule has 6 aromatic carbocycles. The van der Waals surface area contributed by atoms with Crippen LogP contribution in [0.15, 0.2) is 132 Å². The van der Waals surface area contributed by atoms with E-state index in [1.165, 1.54) is 0 Å². The fourth-order valence-corrected chi connectivity index (χ4v) is 5.96. The van der Waals surface area contributed by atoms with Gasteiger partial charge in [0.1, 0.15) is 11.3 Å². The fraction of sp³-hybridized carbons (Fsp3) is 0. The van der Waals surface area contributed by atoms with E-state index in [2.05, 4.69) is 102 Å². The highest BCUT2D eigenvalue weighted by molar-refractivity contribution is 6.12. The number of furan rings is 1. The van der Waals surface area contributed by atoms with Gasteiger partial charge in [0.15, 0.2) is 28.6 Å². The Kier molecular flexibility index (Phi) is 4.30. The number of para-hydroxylation sites is 1. The first-order valence-corrected chi connectivity index (χ1v) is 13.3. The summed E-state index contributed by atoms with van der Waals surface area (Å²) in [6, 6.07) is 43.7. The molecule has 7 aromatic rings. The summed E-state index contributed by atoms with van der Waals surface area (Å²) in [4.78, 5) is 2.25. The normalized spacial score (nSPS) is 12.8. The first-order chi connectivity index (χ1) is 19.8. The van der Waals surface area contributed by atoms with E-state index in [0.29, 0.717) is 11.3 Å². The molecule has 0 N–H and O–H groups in total. The minimum absolute atomic E-state index is 0.666. The van der Waals surface area contributed by atoms with Crippen molar-refractivity contribution < 1.29 is 13.9 Å². The molecule has 1 aromatic heterocycles. The number of rotatable bonds is 2. The summed E-state index contributed by atoms with van der Waals surface area (Å²) in [6.07, 6.45) is 0. The molecule has 4 nitrogen and oxygen atoms in total. The smallest absolute Gasteiger partial charge is 0.198 e. The molecule has 0 amide bonds. The van der Waals surface area contributed by atoms with Crippen molar-refractivity contribution in [1.82, 2.24) is 0 Å². The Morgan fingerprint density at radius 3 is 1.73 bits per heavy atom. The minimum Gasteiger partial charge on any atom is -0.453 e. The molecule has 0 aliphatic carbocycles. The van der Waals surface area contributed by atoms with Crippen LogP contribution in [0.5, 0.6) is 23.0 Å². The Morgan fingerprint density at radius 1 is 0.450 bits per heavy atom. The van der Waals surface area contributed by atoms with Gasteiger partial charge in [-0.2, -0.15) is 0 Å². The minimum atomic E-state index is 0.666. The maximum Gasteiger partial charge on any atom is 0.198 e. The van der Waals surface area contributed by atoms with Crippen molar-refractivity contribution >= 4 is 39.0 Å². The van der Waals surface area contributed by atoms with E-state index in [1.54, 1.807) is 0 Å². The average molecular weight is 516 g/mol. The summed E-state index contributed by atoms with van der Waals surface area (Å²) in [7, 11) is 0. The molecule has 0 unspecified atom stereocenters. The van der Waals surface area contributed by atoms with Gasteiger partial charge >= 0.3 is 0 Å². The lowest BCUT2D eigenvalue weighted by Gasteiger charge is -2.38. The van der Waals surface area contributed by atoms with Crippen LogP contribution in [0.3, 0.4) is 0 Å². The maximum atomic E-state index is 6.72. The molecule has 0 saturated heterocycles. The van der Waals surface area contributed by atoms with E-state index < -0.39 is 0 Å². The van der Waals surface area contributed by atoms with E-state index in [0.717, 1.165) is 72.9 Å². The summed E-state index contributed by atoms with van der Waals surface area (Å²) >= 11 is 0. The van der Waals surface area contributed by atoms with Crippen molar-refractivity contribution in [2.24, 2.45) is 0 Å². The van der Waals surface area contributed by atoms with Crippen LogP contribution in [0.1, 0.15) is 0 Å². The molecule has 0 radical (unpaired) electrons. The zero-order valence-electron chi connectivity index (χ0n) is 21.3. The van der Waals surface area contributed by atoms with Gasteiger partial charge in [-0.3, -0.25) is 4.90 Å². The summed E-state index contributed by atoms with van der Waals surface area (Å²) in [5.74, 6) is 2.98. The number of hydrogen-bond donors (Lipinski definition) is 0. The molecular formula is C36H21NO3. The van der Waals surface area contributed by atoms with E-state index in [9.17, 15) is 0 Å². The highest BCUT2D eigenvalue weighted by Gasteiger charge is 2.37. The molecule has 3 heterocycles. The first kappa shape index (κ1) is 21.5. The predicted octanol–water partition coefficient (Wildman–Crippen LogP) is 10.6. The molecule has 0 atom stereocenters. The van der Waals surface area contributed by atoms with Gasteiger partial charge in [0.25, 0.3) is 0 Å². The van der Waals surface area contributed by atoms with Crippen LogP contribution in [0, 0.1) is 0 Å². The van der Waals surface area contributed by atoms with Crippen molar-refractivity contribution in [2.45, 2.75) is 0 Å². The highest BCUT2D eigenvalue weighted by atomic mass is 16.5. The van der Waals surface area contributed by atoms with Crippen molar-refractivity contribution in [1.29, 1.82) is 0 Å². The Balaban J connectivity index is 1.31. The molecule has 0 spiro atoms. The lowest BCUT2D eigenvalue weighted by Crippen LogP contribution is -2.20. The largest absolute Gasteiger partial charge is 0.453 e. The Hall–Kier alpha value is -5.48. The third-order valence-electron chi connectivity index (χ3n) is 7.84. The number of nitrogens with zero attached hydrogens (tertiary/aromatic N) is 1. The molecule has 2 aliphatic rings. The standard InChI is InChI=1S/C36H21NO3/c1-3-9-22(10-4-1)24-15-17-28-31(19-24)38-33-21-27-26-13-7-8-14-30(26)39-35(27)36-34(33)37(28)29-18-16-25(20-32(29)40-36)23-11-5-2-6-12-23/h1-21H. The second-order valence-electron chi connectivity index (χ2n) is 10.2. The van der Waals surface area contributed by atoms with E-state index >= 15 is 0 Å². The lowest BCUT2D eigenvalue weighted by molar-refractivity contribution is 0.444. The summed E-state index contributed by atoms with van der Waals surface area (Å²) in [5.41, 5.74) is 8.78. The van der Waals surface area contributed by atoms with Crippen molar-refractivity contribution in [3.63, 3.8) is 0 Å². The van der Waals surface area contributed by atoms with Gasteiger partial charge in [0.2, 0.25) is 0 Å². The number of fused-ring (bicyclic) bond motifs is 8. The van der Waals surface area contributed by atoms with Gasteiger partial charge < -0.3 is 13.9 Å². The SMILES string of the molecule is c1ccc(-c2ccc3c(c2)Oc2cc4c(oc5ccccc54)c4c2N3c2ccc(-c3ccccc3)cc2O4)cc1. The van der Waals surface area contributed by atoms with Crippen LogP contribution < -0.4 is 14.4 Å². The van der Waals surface area contributed by atoms with Gasteiger partial charge in [-0.05, 0) is 58.7 Å². The molecule has 188 valence electrons. The quantitative estimate of drug-likeness (QED) is 0.229. The third-order valence-corrected chi connectivity index (χ3v) is 7.84. The molecule has 2 aliphatic heterocycles. The Bertz CT molecular complexity index is 2100. The number of ether oxygens (including phenoxy) is 2. The third kappa shape index (κ3) is 3.01. The summed E-state index contributed by atoms with van der Waals surface area (Å²) < 4.78 is 19.8. The van der Waals surface area contributed by atoms with Crippen LogP contribution in [-0.4, -0.2) is 0 Å². The number of anilines is 3. The van der Waals surface area contributed by atoms with Gasteiger partial charge in [-0.25, -0.2) is 0 Å².